The molecule has 0 heterocycles. The van der Waals surface area contributed by atoms with Crippen LogP contribution in [0.25, 0.3) is 0 Å². The Labute approximate surface area is 192 Å². The van der Waals surface area contributed by atoms with E-state index in [2.05, 4.69) is 17.4 Å². The minimum atomic E-state index is -1.00. The molecule has 2 aromatic carbocycles. The largest absolute Gasteiger partial charge is 0.493 e. The van der Waals surface area contributed by atoms with Gasteiger partial charge in [-0.3, -0.25) is 14.9 Å². The number of esters is 1. The first-order valence-corrected chi connectivity index (χ1v) is 10.9. The second-order valence-electron chi connectivity index (χ2n) is 7.81. The van der Waals surface area contributed by atoms with Crippen molar-refractivity contribution in [2.45, 2.75) is 45.6 Å². The number of nitro groups is 1. The zero-order valence-electron chi connectivity index (χ0n) is 19.0. The van der Waals surface area contributed by atoms with Gasteiger partial charge in [0.1, 0.15) is 5.56 Å². The van der Waals surface area contributed by atoms with E-state index in [-0.39, 0.29) is 29.7 Å². The van der Waals surface area contributed by atoms with Crippen molar-refractivity contribution in [3.63, 3.8) is 0 Å². The molecule has 0 radical (unpaired) electrons. The van der Waals surface area contributed by atoms with Crippen molar-refractivity contribution in [1.82, 2.24) is 5.32 Å². The summed E-state index contributed by atoms with van der Waals surface area (Å²) >= 11 is 0. The summed E-state index contributed by atoms with van der Waals surface area (Å²) in [4.78, 5) is 35.6. The van der Waals surface area contributed by atoms with Gasteiger partial charge >= 0.3 is 5.97 Å². The molecule has 0 spiro atoms. The summed E-state index contributed by atoms with van der Waals surface area (Å²) in [5.74, 6) is -1.21. The van der Waals surface area contributed by atoms with Crippen LogP contribution in [-0.4, -0.2) is 37.1 Å². The SMILES string of the molecule is CCOc1cc([N+](=O)[O-])c(C(=O)OCC(=O)NC(C)c2ccc3c(c2)CCCC3)cc1OC. The molecule has 9 heteroatoms. The minimum absolute atomic E-state index is 0.139. The predicted molar refractivity (Wildman–Crippen MR) is 121 cm³/mol. The summed E-state index contributed by atoms with van der Waals surface area (Å²) in [5.41, 5.74) is 2.82. The fraction of sp³-hybridized carbons (Fsp3) is 0.417. The number of rotatable bonds is 9. The number of methoxy groups -OCH3 is 1. The van der Waals surface area contributed by atoms with Crippen LogP contribution in [0.1, 0.15) is 59.8 Å². The van der Waals surface area contributed by atoms with E-state index in [0.717, 1.165) is 30.9 Å². The molecular weight excluding hydrogens is 428 g/mol. The number of nitro benzene ring substituents is 1. The maximum absolute atomic E-state index is 12.5. The van der Waals surface area contributed by atoms with Crippen LogP contribution in [0.15, 0.2) is 30.3 Å². The first-order chi connectivity index (χ1) is 15.8. The molecule has 0 saturated heterocycles. The number of amides is 1. The zero-order chi connectivity index (χ0) is 24.0. The molecule has 0 bridgehead atoms. The van der Waals surface area contributed by atoms with Crippen LogP contribution in [0.3, 0.4) is 0 Å². The molecule has 1 N–H and O–H groups in total. The number of ether oxygens (including phenoxy) is 3. The van der Waals surface area contributed by atoms with E-state index in [1.165, 1.54) is 30.7 Å². The Morgan fingerprint density at radius 1 is 1.12 bits per heavy atom. The summed E-state index contributed by atoms with van der Waals surface area (Å²) in [6.45, 7) is 3.27. The average molecular weight is 456 g/mol. The average Bonchev–Trinajstić information content (AvgIpc) is 2.82. The van der Waals surface area contributed by atoms with Crippen molar-refractivity contribution in [3.8, 4) is 11.5 Å². The molecule has 0 aromatic heterocycles. The molecule has 2 aromatic rings. The van der Waals surface area contributed by atoms with E-state index < -0.39 is 29.1 Å². The highest BCUT2D eigenvalue weighted by Gasteiger charge is 2.26. The molecular formula is C24H28N2O7. The quantitative estimate of drug-likeness (QED) is 0.345. The Bertz CT molecular complexity index is 1050. The third-order valence-electron chi connectivity index (χ3n) is 5.58. The second-order valence-corrected chi connectivity index (χ2v) is 7.81. The van der Waals surface area contributed by atoms with Gasteiger partial charge in [-0.05, 0) is 56.2 Å². The molecule has 0 aliphatic heterocycles. The number of hydrogen-bond acceptors (Lipinski definition) is 7. The van der Waals surface area contributed by atoms with Crippen molar-refractivity contribution in [2.24, 2.45) is 0 Å². The van der Waals surface area contributed by atoms with Gasteiger partial charge in [-0.1, -0.05) is 18.2 Å². The molecule has 9 nitrogen and oxygen atoms in total. The van der Waals surface area contributed by atoms with E-state index in [1.54, 1.807) is 6.92 Å². The van der Waals surface area contributed by atoms with Gasteiger partial charge in [0, 0.05) is 6.07 Å². The fourth-order valence-corrected chi connectivity index (χ4v) is 3.89. The summed E-state index contributed by atoms with van der Waals surface area (Å²) in [5, 5.41) is 14.2. The van der Waals surface area contributed by atoms with Crippen LogP contribution in [-0.2, 0) is 22.4 Å². The van der Waals surface area contributed by atoms with Gasteiger partial charge in [0.25, 0.3) is 11.6 Å². The molecule has 33 heavy (non-hydrogen) atoms. The predicted octanol–water partition coefficient (Wildman–Crippen LogP) is 3.92. The Kier molecular flexibility index (Phi) is 7.87. The first-order valence-electron chi connectivity index (χ1n) is 10.9. The number of nitrogens with one attached hydrogen (secondary N) is 1. The summed E-state index contributed by atoms with van der Waals surface area (Å²) < 4.78 is 15.5. The monoisotopic (exact) mass is 456 g/mol. The van der Waals surface area contributed by atoms with Crippen LogP contribution in [0.5, 0.6) is 11.5 Å². The number of aryl methyl sites for hydroxylation is 2. The molecule has 1 atom stereocenters. The lowest BCUT2D eigenvalue weighted by Crippen LogP contribution is -2.31. The highest BCUT2D eigenvalue weighted by Crippen LogP contribution is 2.35. The van der Waals surface area contributed by atoms with Gasteiger partial charge in [0.15, 0.2) is 18.1 Å². The van der Waals surface area contributed by atoms with Gasteiger partial charge in [-0.2, -0.15) is 0 Å². The van der Waals surface area contributed by atoms with Gasteiger partial charge in [0.2, 0.25) is 0 Å². The number of carbonyl (C=O) groups is 2. The third-order valence-corrected chi connectivity index (χ3v) is 5.58. The number of fused-ring (bicyclic) bond motifs is 1. The lowest BCUT2D eigenvalue weighted by atomic mass is 9.89. The third kappa shape index (κ3) is 5.79. The Balaban J connectivity index is 1.65. The Morgan fingerprint density at radius 3 is 2.52 bits per heavy atom. The number of nitrogens with zero attached hydrogens (tertiary/aromatic N) is 1. The van der Waals surface area contributed by atoms with Gasteiger partial charge < -0.3 is 19.5 Å². The van der Waals surface area contributed by atoms with E-state index in [4.69, 9.17) is 14.2 Å². The van der Waals surface area contributed by atoms with Crippen molar-refractivity contribution >= 4 is 17.6 Å². The van der Waals surface area contributed by atoms with Crippen LogP contribution in [0, 0.1) is 10.1 Å². The molecule has 1 aliphatic carbocycles. The van der Waals surface area contributed by atoms with Crippen LogP contribution in [0.2, 0.25) is 0 Å². The van der Waals surface area contributed by atoms with E-state index in [1.807, 2.05) is 13.0 Å². The van der Waals surface area contributed by atoms with Crippen LogP contribution >= 0.6 is 0 Å². The lowest BCUT2D eigenvalue weighted by molar-refractivity contribution is -0.385. The maximum Gasteiger partial charge on any atom is 0.345 e. The normalized spacial score (nSPS) is 13.4. The van der Waals surface area contributed by atoms with Crippen molar-refractivity contribution in [1.29, 1.82) is 0 Å². The smallest absolute Gasteiger partial charge is 0.345 e. The Hall–Kier alpha value is -3.62. The van der Waals surface area contributed by atoms with Crippen molar-refractivity contribution in [3.05, 3.63) is 62.7 Å². The lowest BCUT2D eigenvalue weighted by Gasteiger charge is -2.20. The molecule has 1 aliphatic rings. The number of carbonyl (C=O) groups excluding carboxylic acids is 2. The summed E-state index contributed by atoms with van der Waals surface area (Å²) in [7, 11) is 1.36. The van der Waals surface area contributed by atoms with Gasteiger partial charge in [-0.15, -0.1) is 0 Å². The maximum atomic E-state index is 12.5. The van der Waals surface area contributed by atoms with Crippen LogP contribution in [0.4, 0.5) is 5.69 Å². The molecule has 0 fully saturated rings. The molecule has 3 rings (SSSR count). The highest BCUT2D eigenvalue weighted by molar-refractivity contribution is 5.96. The van der Waals surface area contributed by atoms with Crippen LogP contribution < -0.4 is 14.8 Å². The van der Waals surface area contributed by atoms with E-state index >= 15 is 0 Å². The molecule has 1 amide bonds. The molecule has 1 unspecified atom stereocenters. The van der Waals surface area contributed by atoms with Gasteiger partial charge in [0.05, 0.1) is 30.7 Å². The fourth-order valence-electron chi connectivity index (χ4n) is 3.89. The van der Waals surface area contributed by atoms with E-state index in [0.29, 0.717) is 0 Å². The number of hydrogen-bond donors (Lipinski definition) is 1. The van der Waals surface area contributed by atoms with Crippen molar-refractivity contribution in [2.75, 3.05) is 20.3 Å². The molecule has 0 saturated carbocycles. The van der Waals surface area contributed by atoms with Crippen molar-refractivity contribution < 1.29 is 28.7 Å². The highest BCUT2D eigenvalue weighted by atomic mass is 16.6. The summed E-state index contributed by atoms with van der Waals surface area (Å²) in [6.07, 6.45) is 4.47. The summed E-state index contributed by atoms with van der Waals surface area (Å²) in [6, 6.07) is 8.22. The topological polar surface area (TPSA) is 117 Å². The Morgan fingerprint density at radius 2 is 1.85 bits per heavy atom. The second kappa shape index (κ2) is 10.8. The minimum Gasteiger partial charge on any atom is -0.493 e. The van der Waals surface area contributed by atoms with E-state index in [9.17, 15) is 19.7 Å². The zero-order valence-corrected chi connectivity index (χ0v) is 19.0. The molecule has 176 valence electrons. The van der Waals surface area contributed by atoms with Gasteiger partial charge in [-0.25, -0.2) is 4.79 Å². The standard InChI is InChI=1S/C24H28N2O7/c1-4-32-22-13-20(26(29)30)19(12-21(22)31-3)24(28)33-14-23(27)25-15(2)17-10-9-16-7-5-6-8-18(16)11-17/h9-13,15H,4-8,14H2,1-3H3,(H,25,27). The number of benzene rings is 2. The first kappa shape index (κ1) is 24.0.